The zero-order chi connectivity index (χ0) is 14.2. The molecule has 1 heterocycles. The number of rotatable bonds is 2. The van der Waals surface area contributed by atoms with Crippen molar-refractivity contribution in [2.75, 3.05) is 0 Å². The first-order valence-electron chi connectivity index (χ1n) is 6.29. The topological polar surface area (TPSA) is 60.8 Å². The second-order valence-electron chi connectivity index (χ2n) is 5.54. The molecule has 0 saturated carbocycles. The maximum absolute atomic E-state index is 11.4. The number of hydrogen-bond donors (Lipinski definition) is 2. The SMILES string of the molecule is CC1(C)CCC([C@H](O)c2ccccc2Cl)N1C(=O)O. The summed E-state index contributed by atoms with van der Waals surface area (Å²) in [5, 5.41) is 20.3. The lowest BCUT2D eigenvalue weighted by atomic mass is 10.00. The lowest BCUT2D eigenvalue weighted by Gasteiger charge is -2.35. The van der Waals surface area contributed by atoms with E-state index < -0.39 is 23.8 Å². The maximum Gasteiger partial charge on any atom is 0.408 e. The van der Waals surface area contributed by atoms with Crippen molar-refractivity contribution in [3.05, 3.63) is 34.9 Å². The highest BCUT2D eigenvalue weighted by atomic mass is 35.5. The second kappa shape index (κ2) is 5.02. The number of amides is 1. The fourth-order valence-corrected chi connectivity index (χ4v) is 3.07. The van der Waals surface area contributed by atoms with Crippen molar-refractivity contribution in [2.45, 2.75) is 44.4 Å². The predicted molar refractivity (Wildman–Crippen MR) is 73.4 cm³/mol. The van der Waals surface area contributed by atoms with Crippen LogP contribution in [0.4, 0.5) is 4.79 Å². The normalized spacial score (nSPS) is 23.4. The van der Waals surface area contributed by atoms with E-state index >= 15 is 0 Å². The van der Waals surface area contributed by atoms with Gasteiger partial charge in [0.25, 0.3) is 0 Å². The molecule has 0 aromatic heterocycles. The molecule has 0 radical (unpaired) electrons. The first-order valence-corrected chi connectivity index (χ1v) is 6.67. The molecule has 1 saturated heterocycles. The molecule has 2 N–H and O–H groups in total. The number of aliphatic hydroxyl groups excluding tert-OH is 1. The van der Waals surface area contributed by atoms with Crippen LogP contribution in [0.5, 0.6) is 0 Å². The van der Waals surface area contributed by atoms with Crippen molar-refractivity contribution in [1.29, 1.82) is 0 Å². The Morgan fingerprint density at radius 1 is 1.47 bits per heavy atom. The molecule has 0 bridgehead atoms. The Morgan fingerprint density at radius 2 is 2.11 bits per heavy atom. The summed E-state index contributed by atoms with van der Waals surface area (Å²) in [4.78, 5) is 12.8. The number of hydrogen-bond acceptors (Lipinski definition) is 2. The lowest BCUT2D eigenvalue weighted by Crippen LogP contribution is -2.48. The van der Waals surface area contributed by atoms with E-state index in [9.17, 15) is 15.0 Å². The van der Waals surface area contributed by atoms with Crippen molar-refractivity contribution < 1.29 is 15.0 Å². The van der Waals surface area contributed by atoms with Crippen molar-refractivity contribution in [3.8, 4) is 0 Å². The van der Waals surface area contributed by atoms with Crippen LogP contribution < -0.4 is 0 Å². The number of carbonyl (C=O) groups is 1. The van der Waals surface area contributed by atoms with E-state index in [-0.39, 0.29) is 0 Å². The predicted octanol–water partition coefficient (Wildman–Crippen LogP) is 3.29. The van der Waals surface area contributed by atoms with Crippen LogP contribution in [-0.4, -0.2) is 32.8 Å². The highest BCUT2D eigenvalue weighted by Crippen LogP contribution is 2.40. The molecule has 1 aliphatic rings. The smallest absolute Gasteiger partial charge is 0.408 e. The van der Waals surface area contributed by atoms with Crippen molar-refractivity contribution in [3.63, 3.8) is 0 Å². The first-order chi connectivity index (χ1) is 8.84. The van der Waals surface area contributed by atoms with Crippen LogP contribution in [0.15, 0.2) is 24.3 Å². The van der Waals surface area contributed by atoms with Crippen LogP contribution in [0, 0.1) is 0 Å². The second-order valence-corrected chi connectivity index (χ2v) is 5.94. The molecular weight excluding hydrogens is 266 g/mol. The van der Waals surface area contributed by atoms with Crippen molar-refractivity contribution in [1.82, 2.24) is 4.90 Å². The van der Waals surface area contributed by atoms with Crippen LogP contribution in [0.3, 0.4) is 0 Å². The third-order valence-electron chi connectivity index (χ3n) is 3.83. The van der Waals surface area contributed by atoms with E-state index in [2.05, 4.69) is 0 Å². The van der Waals surface area contributed by atoms with Crippen LogP contribution >= 0.6 is 11.6 Å². The standard InChI is InChI=1S/C14H18ClNO3/c1-14(2)8-7-11(16(14)13(18)19)12(17)9-5-3-4-6-10(9)15/h3-6,11-12,17H,7-8H2,1-2H3,(H,18,19)/t11?,12-/m1/s1. The van der Waals surface area contributed by atoms with Gasteiger partial charge in [-0.1, -0.05) is 29.8 Å². The Bertz CT molecular complexity index is 489. The minimum Gasteiger partial charge on any atom is -0.465 e. The Balaban J connectivity index is 2.32. The highest BCUT2D eigenvalue weighted by molar-refractivity contribution is 6.31. The summed E-state index contributed by atoms with van der Waals surface area (Å²) in [5.41, 5.74) is 0.122. The van der Waals surface area contributed by atoms with Crippen LogP contribution in [-0.2, 0) is 0 Å². The van der Waals surface area contributed by atoms with Crippen LogP contribution in [0.25, 0.3) is 0 Å². The van der Waals surface area contributed by atoms with E-state index in [1.807, 2.05) is 13.8 Å². The average molecular weight is 284 g/mol. The lowest BCUT2D eigenvalue weighted by molar-refractivity contribution is 0.0362. The average Bonchev–Trinajstić information content (AvgIpc) is 2.64. The van der Waals surface area contributed by atoms with Crippen molar-refractivity contribution in [2.24, 2.45) is 0 Å². The van der Waals surface area contributed by atoms with Gasteiger partial charge in [0.2, 0.25) is 0 Å². The number of likely N-dealkylation sites (tertiary alicyclic amines) is 1. The van der Waals surface area contributed by atoms with Crippen molar-refractivity contribution >= 4 is 17.7 Å². The minimum absolute atomic E-state index is 0.451. The molecule has 2 rings (SSSR count). The fourth-order valence-electron chi connectivity index (χ4n) is 2.82. The van der Waals surface area contributed by atoms with E-state index in [0.29, 0.717) is 17.0 Å². The summed E-state index contributed by atoms with van der Waals surface area (Å²) in [6, 6.07) is 6.55. The van der Waals surface area contributed by atoms with Gasteiger partial charge in [0.05, 0.1) is 6.04 Å². The van der Waals surface area contributed by atoms with Crippen LogP contribution in [0.1, 0.15) is 38.4 Å². The van der Waals surface area contributed by atoms with Gasteiger partial charge in [-0.25, -0.2) is 4.79 Å². The van der Waals surface area contributed by atoms with E-state index in [1.165, 1.54) is 4.90 Å². The Morgan fingerprint density at radius 3 is 2.68 bits per heavy atom. The zero-order valence-corrected chi connectivity index (χ0v) is 11.8. The molecule has 1 fully saturated rings. The molecule has 1 unspecified atom stereocenters. The summed E-state index contributed by atoms with van der Waals surface area (Å²) in [6.45, 7) is 3.75. The molecule has 5 heteroatoms. The van der Waals surface area contributed by atoms with Gasteiger partial charge in [-0.05, 0) is 32.8 Å². The summed E-state index contributed by atoms with van der Waals surface area (Å²) < 4.78 is 0. The Labute approximate surface area is 117 Å². The van der Waals surface area contributed by atoms with Gasteiger partial charge < -0.3 is 10.2 Å². The summed E-state index contributed by atoms with van der Waals surface area (Å²) in [5.74, 6) is 0. The molecular formula is C14H18ClNO3. The van der Waals surface area contributed by atoms with E-state index in [4.69, 9.17) is 11.6 Å². The summed E-state index contributed by atoms with van der Waals surface area (Å²) >= 11 is 6.07. The van der Waals surface area contributed by atoms with Gasteiger partial charge in [-0.2, -0.15) is 0 Å². The first kappa shape index (κ1) is 14.2. The van der Waals surface area contributed by atoms with Gasteiger partial charge >= 0.3 is 6.09 Å². The highest BCUT2D eigenvalue weighted by Gasteiger charge is 2.46. The molecule has 19 heavy (non-hydrogen) atoms. The molecule has 1 aliphatic heterocycles. The quantitative estimate of drug-likeness (QED) is 0.875. The molecule has 1 aromatic carbocycles. The van der Waals surface area contributed by atoms with Gasteiger partial charge in [-0.3, -0.25) is 4.90 Å². The Hall–Kier alpha value is -1.26. The molecule has 1 amide bonds. The third kappa shape index (κ3) is 2.55. The van der Waals surface area contributed by atoms with E-state index in [1.54, 1.807) is 24.3 Å². The molecule has 4 nitrogen and oxygen atoms in total. The zero-order valence-electron chi connectivity index (χ0n) is 11.0. The number of aliphatic hydroxyl groups is 1. The molecule has 0 aliphatic carbocycles. The number of carboxylic acid groups (broad SMARTS) is 1. The minimum atomic E-state index is -1.00. The number of benzene rings is 1. The monoisotopic (exact) mass is 283 g/mol. The van der Waals surface area contributed by atoms with Gasteiger partial charge in [0.15, 0.2) is 0 Å². The number of halogens is 1. The van der Waals surface area contributed by atoms with E-state index in [0.717, 1.165) is 6.42 Å². The summed E-state index contributed by atoms with van der Waals surface area (Å²) in [6.07, 6.45) is -0.540. The van der Waals surface area contributed by atoms with Gasteiger partial charge in [0, 0.05) is 16.1 Å². The maximum atomic E-state index is 11.4. The van der Waals surface area contributed by atoms with Gasteiger partial charge in [0.1, 0.15) is 6.10 Å². The number of nitrogens with zero attached hydrogens (tertiary/aromatic N) is 1. The Kier molecular flexibility index (Phi) is 3.74. The molecule has 1 aromatic rings. The largest absolute Gasteiger partial charge is 0.465 e. The molecule has 2 atom stereocenters. The molecule has 0 spiro atoms. The third-order valence-corrected chi connectivity index (χ3v) is 4.17. The van der Waals surface area contributed by atoms with Gasteiger partial charge in [-0.15, -0.1) is 0 Å². The molecule has 104 valence electrons. The van der Waals surface area contributed by atoms with Crippen LogP contribution in [0.2, 0.25) is 5.02 Å². The fraction of sp³-hybridized carbons (Fsp3) is 0.500. The summed E-state index contributed by atoms with van der Waals surface area (Å²) in [7, 11) is 0.